The molecular formula is C12H22BrNO2. The first-order valence-corrected chi connectivity index (χ1v) is 7.22. The molecule has 0 spiro atoms. The highest BCUT2D eigenvalue weighted by molar-refractivity contribution is 9.09. The molecule has 1 aliphatic rings. The van der Waals surface area contributed by atoms with Crippen LogP contribution in [0.25, 0.3) is 0 Å². The van der Waals surface area contributed by atoms with Crippen LogP contribution in [0.3, 0.4) is 0 Å². The van der Waals surface area contributed by atoms with Gasteiger partial charge in [-0.3, -0.25) is 4.79 Å². The van der Waals surface area contributed by atoms with Gasteiger partial charge in [0.1, 0.15) is 0 Å². The molecule has 0 saturated heterocycles. The van der Waals surface area contributed by atoms with E-state index >= 15 is 0 Å². The van der Waals surface area contributed by atoms with E-state index in [-0.39, 0.29) is 11.9 Å². The summed E-state index contributed by atoms with van der Waals surface area (Å²) in [5, 5.41) is 3.73. The highest BCUT2D eigenvalue weighted by Crippen LogP contribution is 2.28. The second kappa shape index (κ2) is 8.07. The van der Waals surface area contributed by atoms with Crippen LogP contribution in [0.4, 0.5) is 0 Å². The van der Waals surface area contributed by atoms with Crippen LogP contribution in [-0.2, 0) is 9.53 Å². The van der Waals surface area contributed by atoms with Crippen molar-refractivity contribution >= 4 is 21.8 Å². The molecule has 1 N–H and O–H groups in total. The van der Waals surface area contributed by atoms with Crippen LogP contribution in [0.1, 0.15) is 38.5 Å². The highest BCUT2D eigenvalue weighted by Gasteiger charge is 2.17. The van der Waals surface area contributed by atoms with Crippen molar-refractivity contribution in [3.63, 3.8) is 0 Å². The van der Waals surface area contributed by atoms with Gasteiger partial charge >= 0.3 is 0 Å². The second-order valence-electron chi connectivity index (χ2n) is 4.56. The van der Waals surface area contributed by atoms with E-state index in [2.05, 4.69) is 21.2 Å². The Morgan fingerprint density at radius 2 is 2.19 bits per heavy atom. The summed E-state index contributed by atoms with van der Waals surface area (Å²) in [6.07, 6.45) is 7.03. The summed E-state index contributed by atoms with van der Waals surface area (Å²) in [4.78, 5) is 11.7. The van der Waals surface area contributed by atoms with Gasteiger partial charge < -0.3 is 10.1 Å². The van der Waals surface area contributed by atoms with Gasteiger partial charge in [0.15, 0.2) is 0 Å². The van der Waals surface area contributed by atoms with E-state index in [9.17, 15) is 4.79 Å². The zero-order valence-electron chi connectivity index (χ0n) is 10.0. The molecule has 1 rings (SSSR count). The maximum Gasteiger partial charge on any atom is 0.220 e. The van der Waals surface area contributed by atoms with Crippen LogP contribution in [0, 0.1) is 5.92 Å². The van der Waals surface area contributed by atoms with Gasteiger partial charge in [-0.05, 0) is 12.3 Å². The van der Waals surface area contributed by atoms with Gasteiger partial charge in [0, 0.05) is 18.9 Å². The number of hydrogen-bond donors (Lipinski definition) is 1. The van der Waals surface area contributed by atoms with Gasteiger partial charge in [-0.2, -0.15) is 0 Å². The van der Waals surface area contributed by atoms with E-state index in [0.29, 0.717) is 13.0 Å². The first-order chi connectivity index (χ1) is 7.76. The van der Waals surface area contributed by atoms with E-state index < -0.39 is 0 Å². The lowest BCUT2D eigenvalue weighted by molar-refractivity contribution is -0.122. The maximum atomic E-state index is 11.7. The number of ether oxygens (including phenoxy) is 1. The minimum Gasteiger partial charge on any atom is -0.383 e. The zero-order valence-corrected chi connectivity index (χ0v) is 11.6. The minimum absolute atomic E-state index is 0.0982. The van der Waals surface area contributed by atoms with Gasteiger partial charge in [0.05, 0.1) is 12.6 Å². The Kier molecular flexibility index (Phi) is 7.05. The molecule has 3 nitrogen and oxygen atoms in total. The third-order valence-electron chi connectivity index (χ3n) is 3.17. The molecule has 0 heterocycles. The van der Waals surface area contributed by atoms with Crippen LogP contribution < -0.4 is 5.32 Å². The number of carbonyl (C=O) groups excluding carboxylic acids is 1. The summed E-state index contributed by atoms with van der Waals surface area (Å²) in [6.45, 7) is 0.570. The molecule has 1 amide bonds. The van der Waals surface area contributed by atoms with E-state index in [0.717, 1.165) is 17.7 Å². The summed E-state index contributed by atoms with van der Waals surface area (Å²) in [5.74, 6) is 0.948. The monoisotopic (exact) mass is 291 g/mol. The Balaban J connectivity index is 2.13. The SMILES string of the molecule is COCC(CBr)NC(=O)CCC1CCCC1. The molecule has 0 aromatic heterocycles. The highest BCUT2D eigenvalue weighted by atomic mass is 79.9. The number of rotatable bonds is 7. The molecule has 0 aromatic carbocycles. The van der Waals surface area contributed by atoms with Crippen molar-refractivity contribution in [3.05, 3.63) is 0 Å². The molecule has 0 bridgehead atoms. The first-order valence-electron chi connectivity index (χ1n) is 6.10. The smallest absolute Gasteiger partial charge is 0.220 e. The number of amides is 1. The average molecular weight is 292 g/mol. The van der Waals surface area contributed by atoms with Gasteiger partial charge in [0.25, 0.3) is 0 Å². The van der Waals surface area contributed by atoms with Crippen LogP contribution in [0.2, 0.25) is 0 Å². The van der Waals surface area contributed by atoms with Gasteiger partial charge in [-0.25, -0.2) is 0 Å². The Labute approximate surface area is 106 Å². The average Bonchev–Trinajstić information content (AvgIpc) is 2.78. The van der Waals surface area contributed by atoms with Crippen molar-refractivity contribution in [1.82, 2.24) is 5.32 Å². The number of alkyl halides is 1. The standard InChI is InChI=1S/C12H22BrNO2/c1-16-9-11(8-13)14-12(15)7-6-10-4-2-3-5-10/h10-11H,2-9H2,1H3,(H,14,15). The molecule has 4 heteroatoms. The second-order valence-corrected chi connectivity index (χ2v) is 5.21. The lowest BCUT2D eigenvalue weighted by Gasteiger charge is -2.16. The van der Waals surface area contributed by atoms with E-state index in [1.54, 1.807) is 7.11 Å². The molecule has 0 aromatic rings. The fourth-order valence-corrected chi connectivity index (χ4v) is 2.61. The largest absolute Gasteiger partial charge is 0.383 e. The third kappa shape index (κ3) is 5.30. The van der Waals surface area contributed by atoms with Crippen LogP contribution in [0.5, 0.6) is 0 Å². The third-order valence-corrected chi connectivity index (χ3v) is 3.96. The lowest BCUT2D eigenvalue weighted by Crippen LogP contribution is -2.39. The fourth-order valence-electron chi connectivity index (χ4n) is 2.26. The molecule has 1 atom stereocenters. The predicted octanol–water partition coefficient (Wildman–Crippen LogP) is 2.48. The quantitative estimate of drug-likeness (QED) is 0.732. The number of methoxy groups -OCH3 is 1. The molecule has 1 aliphatic carbocycles. The maximum absolute atomic E-state index is 11.7. The number of halogens is 1. The molecule has 1 fully saturated rings. The Bertz CT molecular complexity index is 205. The van der Waals surface area contributed by atoms with Crippen molar-refractivity contribution in [2.75, 3.05) is 19.0 Å². The molecule has 0 aliphatic heterocycles. The number of nitrogens with one attached hydrogen (secondary N) is 1. The van der Waals surface area contributed by atoms with E-state index in [1.807, 2.05) is 0 Å². The van der Waals surface area contributed by atoms with Crippen molar-refractivity contribution in [2.45, 2.75) is 44.6 Å². The summed E-state index contributed by atoms with van der Waals surface area (Å²) in [5.41, 5.74) is 0. The van der Waals surface area contributed by atoms with Crippen LogP contribution >= 0.6 is 15.9 Å². The Morgan fingerprint density at radius 1 is 1.50 bits per heavy atom. The van der Waals surface area contributed by atoms with Crippen molar-refractivity contribution in [3.8, 4) is 0 Å². The van der Waals surface area contributed by atoms with Crippen molar-refractivity contribution in [2.24, 2.45) is 5.92 Å². The molecule has 1 unspecified atom stereocenters. The van der Waals surface area contributed by atoms with E-state index in [4.69, 9.17) is 4.74 Å². The fraction of sp³-hybridized carbons (Fsp3) is 0.917. The van der Waals surface area contributed by atoms with Gasteiger partial charge in [0.2, 0.25) is 5.91 Å². The first kappa shape index (κ1) is 14.0. The van der Waals surface area contributed by atoms with Crippen LogP contribution in [0.15, 0.2) is 0 Å². The molecule has 0 radical (unpaired) electrons. The van der Waals surface area contributed by atoms with E-state index in [1.165, 1.54) is 25.7 Å². The lowest BCUT2D eigenvalue weighted by atomic mass is 10.0. The molecule has 16 heavy (non-hydrogen) atoms. The van der Waals surface area contributed by atoms with Crippen molar-refractivity contribution < 1.29 is 9.53 Å². The van der Waals surface area contributed by atoms with Crippen LogP contribution in [-0.4, -0.2) is 31.0 Å². The number of carbonyl (C=O) groups is 1. The van der Waals surface area contributed by atoms with Gasteiger partial charge in [-0.15, -0.1) is 0 Å². The summed E-state index contributed by atoms with van der Waals surface area (Å²) >= 11 is 3.37. The Hall–Kier alpha value is -0.0900. The summed E-state index contributed by atoms with van der Waals surface area (Å²) in [7, 11) is 1.65. The zero-order chi connectivity index (χ0) is 11.8. The van der Waals surface area contributed by atoms with Crippen molar-refractivity contribution in [1.29, 1.82) is 0 Å². The summed E-state index contributed by atoms with van der Waals surface area (Å²) < 4.78 is 5.03. The molecule has 1 saturated carbocycles. The normalized spacial score (nSPS) is 18.6. The Morgan fingerprint density at radius 3 is 2.75 bits per heavy atom. The topological polar surface area (TPSA) is 38.3 Å². The summed E-state index contributed by atoms with van der Waals surface area (Å²) in [6, 6.07) is 0.0982. The molecular weight excluding hydrogens is 270 g/mol. The minimum atomic E-state index is 0.0982. The van der Waals surface area contributed by atoms with Gasteiger partial charge in [-0.1, -0.05) is 41.6 Å². The predicted molar refractivity (Wildman–Crippen MR) is 68.8 cm³/mol. The molecule has 94 valence electrons. The number of hydrogen-bond acceptors (Lipinski definition) is 2.